The molecule has 0 saturated carbocycles. The van der Waals surface area contributed by atoms with E-state index in [1.807, 2.05) is 55.6 Å². The second-order valence-corrected chi connectivity index (χ2v) is 7.88. The van der Waals surface area contributed by atoms with Crippen molar-refractivity contribution in [2.24, 2.45) is 0 Å². The molecule has 0 radical (unpaired) electrons. The van der Waals surface area contributed by atoms with Crippen LogP contribution in [0.15, 0.2) is 66.7 Å². The predicted molar refractivity (Wildman–Crippen MR) is 131 cm³/mol. The minimum absolute atomic E-state index is 0.164. The van der Waals surface area contributed by atoms with E-state index in [-0.39, 0.29) is 12.4 Å². The molecule has 0 amide bonds. The Bertz CT molecular complexity index is 1340. The Morgan fingerprint density at radius 1 is 1.09 bits per heavy atom. The third-order valence-corrected chi connectivity index (χ3v) is 5.33. The highest BCUT2D eigenvalue weighted by Gasteiger charge is 2.13. The van der Waals surface area contributed by atoms with Crippen molar-refractivity contribution in [3.05, 3.63) is 93.5 Å². The van der Waals surface area contributed by atoms with Crippen LogP contribution in [0.25, 0.3) is 23.7 Å². The van der Waals surface area contributed by atoms with Gasteiger partial charge in [0.15, 0.2) is 22.1 Å². The summed E-state index contributed by atoms with van der Waals surface area (Å²) in [5.41, 5.74) is 2.42. The molecule has 0 aliphatic heterocycles. The monoisotopic (exact) mass is 481 g/mol. The van der Waals surface area contributed by atoms with E-state index in [1.54, 1.807) is 22.8 Å². The molecule has 168 valence electrons. The number of nitrogens with zero attached hydrogens (tertiary/aromatic N) is 2. The van der Waals surface area contributed by atoms with Crippen LogP contribution < -0.4 is 9.47 Å². The molecule has 0 aliphatic carbocycles. The first-order chi connectivity index (χ1) is 16.0. The fourth-order valence-electron chi connectivity index (χ4n) is 3.26. The molecule has 1 N–H and O–H groups in total. The molecule has 0 aliphatic rings. The highest BCUT2D eigenvalue weighted by Crippen LogP contribution is 2.37. The number of ether oxygens (including phenoxy) is 2. The van der Waals surface area contributed by atoms with E-state index in [4.69, 9.17) is 33.3 Å². The van der Waals surface area contributed by atoms with Gasteiger partial charge in [0.05, 0.1) is 11.6 Å². The molecule has 4 aromatic rings. The standard InChI is InChI=1S/C25H21ClFN3O2S/c1-2-31-22-15-17(14-21(26)23(22)32-16-18-7-6-10-20(27)13-18)11-12-30-24(28-29-25(30)33)19-8-4-3-5-9-19/h3-15H,2,16H2,1H3,(H,29,33). The van der Waals surface area contributed by atoms with E-state index in [1.165, 1.54) is 12.1 Å². The average Bonchev–Trinajstić information content (AvgIpc) is 3.18. The highest BCUT2D eigenvalue weighted by molar-refractivity contribution is 7.71. The lowest BCUT2D eigenvalue weighted by Gasteiger charge is -2.14. The van der Waals surface area contributed by atoms with Crippen molar-refractivity contribution in [3.8, 4) is 22.9 Å². The number of benzene rings is 3. The van der Waals surface area contributed by atoms with Gasteiger partial charge in [0.25, 0.3) is 0 Å². The molecule has 0 atom stereocenters. The van der Waals surface area contributed by atoms with Gasteiger partial charge in [0, 0.05) is 11.8 Å². The molecule has 0 fully saturated rings. The molecule has 3 aromatic carbocycles. The number of aromatic amines is 1. The quantitative estimate of drug-likeness (QED) is 0.275. The van der Waals surface area contributed by atoms with E-state index in [0.717, 1.165) is 11.1 Å². The Balaban J connectivity index is 1.61. The van der Waals surface area contributed by atoms with Gasteiger partial charge in [-0.3, -0.25) is 9.67 Å². The van der Waals surface area contributed by atoms with Gasteiger partial charge in [-0.25, -0.2) is 4.39 Å². The number of hydrogen-bond donors (Lipinski definition) is 1. The lowest BCUT2D eigenvalue weighted by Crippen LogP contribution is -2.01. The zero-order valence-corrected chi connectivity index (χ0v) is 19.4. The number of halogens is 2. The summed E-state index contributed by atoms with van der Waals surface area (Å²) >= 11 is 11.9. The summed E-state index contributed by atoms with van der Waals surface area (Å²) in [6.45, 7) is 2.48. The maximum Gasteiger partial charge on any atom is 0.199 e. The number of hydrogen-bond acceptors (Lipinski definition) is 4. The topological polar surface area (TPSA) is 52.1 Å². The first kappa shape index (κ1) is 22.8. The van der Waals surface area contributed by atoms with Crippen molar-refractivity contribution in [1.82, 2.24) is 14.8 Å². The van der Waals surface area contributed by atoms with Crippen molar-refractivity contribution in [2.75, 3.05) is 6.61 Å². The summed E-state index contributed by atoms with van der Waals surface area (Å²) in [6.07, 6.45) is 3.69. The van der Waals surface area contributed by atoms with E-state index in [2.05, 4.69) is 10.2 Å². The molecule has 1 aromatic heterocycles. The molecule has 33 heavy (non-hydrogen) atoms. The summed E-state index contributed by atoms with van der Waals surface area (Å²) in [5, 5.41) is 7.55. The lowest BCUT2D eigenvalue weighted by molar-refractivity contribution is 0.269. The summed E-state index contributed by atoms with van der Waals surface area (Å²) in [5.74, 6) is 1.29. The summed E-state index contributed by atoms with van der Waals surface area (Å²) in [6, 6.07) is 19.6. The van der Waals surface area contributed by atoms with Crippen molar-refractivity contribution in [1.29, 1.82) is 0 Å². The third-order valence-electron chi connectivity index (χ3n) is 4.76. The van der Waals surface area contributed by atoms with Gasteiger partial charge < -0.3 is 9.47 Å². The van der Waals surface area contributed by atoms with Crippen LogP contribution in [0.4, 0.5) is 4.39 Å². The third kappa shape index (κ3) is 5.50. The molecule has 1 heterocycles. The van der Waals surface area contributed by atoms with Gasteiger partial charge in [0.2, 0.25) is 0 Å². The SMILES string of the molecule is CCOc1cc(C=Cn2c(-c3ccccc3)n[nH]c2=S)cc(Cl)c1OCc1cccc(F)c1. The molecule has 4 rings (SSSR count). The zero-order chi connectivity index (χ0) is 23.2. The Morgan fingerprint density at radius 3 is 2.67 bits per heavy atom. The van der Waals surface area contributed by atoms with Gasteiger partial charge in [-0.05, 0) is 60.6 Å². The molecular formula is C25H21ClFN3O2S. The van der Waals surface area contributed by atoms with E-state index < -0.39 is 0 Å². The van der Waals surface area contributed by atoms with Crippen molar-refractivity contribution < 1.29 is 13.9 Å². The maximum atomic E-state index is 13.5. The second-order valence-electron chi connectivity index (χ2n) is 7.09. The number of rotatable bonds is 8. The van der Waals surface area contributed by atoms with E-state index >= 15 is 0 Å². The first-order valence-corrected chi connectivity index (χ1v) is 11.1. The van der Waals surface area contributed by atoms with Crippen LogP contribution in [0.5, 0.6) is 11.5 Å². The Labute approximate surface area is 201 Å². The van der Waals surface area contributed by atoms with Crippen molar-refractivity contribution >= 4 is 36.1 Å². The summed E-state index contributed by atoms with van der Waals surface area (Å²) < 4.78 is 27.4. The molecule has 8 heteroatoms. The fraction of sp³-hybridized carbons (Fsp3) is 0.120. The lowest BCUT2D eigenvalue weighted by atomic mass is 10.2. The molecule has 0 spiro atoms. The normalized spacial score (nSPS) is 11.1. The van der Waals surface area contributed by atoms with Crippen LogP contribution in [0, 0.1) is 10.6 Å². The molecule has 0 saturated heterocycles. The van der Waals surface area contributed by atoms with Crippen molar-refractivity contribution in [3.63, 3.8) is 0 Å². The maximum absolute atomic E-state index is 13.5. The van der Waals surface area contributed by atoms with Gasteiger partial charge in [-0.15, -0.1) is 0 Å². The van der Waals surface area contributed by atoms with Crippen LogP contribution in [0.2, 0.25) is 5.02 Å². The Hall–Kier alpha value is -3.42. The largest absolute Gasteiger partial charge is 0.490 e. The average molecular weight is 482 g/mol. The minimum atomic E-state index is -0.319. The van der Waals surface area contributed by atoms with Crippen LogP contribution in [0.3, 0.4) is 0 Å². The second kappa shape index (κ2) is 10.5. The number of nitrogens with one attached hydrogen (secondary N) is 1. The Morgan fingerprint density at radius 2 is 1.91 bits per heavy atom. The van der Waals surface area contributed by atoms with Gasteiger partial charge in [-0.1, -0.05) is 54.1 Å². The van der Waals surface area contributed by atoms with Gasteiger partial charge in [0.1, 0.15) is 12.4 Å². The summed E-state index contributed by atoms with van der Waals surface area (Å²) in [7, 11) is 0. The fourth-order valence-corrected chi connectivity index (χ4v) is 3.73. The molecule has 0 bridgehead atoms. The highest BCUT2D eigenvalue weighted by atomic mass is 35.5. The molecular weight excluding hydrogens is 461 g/mol. The first-order valence-electron chi connectivity index (χ1n) is 10.3. The van der Waals surface area contributed by atoms with Crippen LogP contribution in [-0.4, -0.2) is 21.4 Å². The molecule has 0 unspecified atom stereocenters. The van der Waals surface area contributed by atoms with E-state index in [9.17, 15) is 4.39 Å². The smallest absolute Gasteiger partial charge is 0.199 e. The van der Waals surface area contributed by atoms with Crippen LogP contribution in [-0.2, 0) is 6.61 Å². The van der Waals surface area contributed by atoms with Crippen LogP contribution >= 0.6 is 23.8 Å². The van der Waals surface area contributed by atoms with Gasteiger partial charge in [-0.2, -0.15) is 5.10 Å². The number of aromatic nitrogens is 3. The predicted octanol–water partition coefficient (Wildman–Crippen LogP) is 7.01. The van der Waals surface area contributed by atoms with Crippen molar-refractivity contribution in [2.45, 2.75) is 13.5 Å². The molecule has 5 nitrogen and oxygen atoms in total. The Kier molecular flexibility index (Phi) is 7.22. The van der Waals surface area contributed by atoms with Crippen LogP contribution in [0.1, 0.15) is 18.1 Å². The van der Waals surface area contributed by atoms with Gasteiger partial charge >= 0.3 is 0 Å². The number of H-pyrrole nitrogens is 1. The zero-order valence-electron chi connectivity index (χ0n) is 17.8. The summed E-state index contributed by atoms with van der Waals surface area (Å²) in [4.78, 5) is 0. The van der Waals surface area contributed by atoms with E-state index in [0.29, 0.717) is 39.3 Å². The minimum Gasteiger partial charge on any atom is -0.490 e.